The van der Waals surface area contributed by atoms with Crippen molar-refractivity contribution in [2.75, 3.05) is 19.6 Å². The third-order valence-electron chi connectivity index (χ3n) is 6.18. The normalized spacial score (nSPS) is 14.9. The predicted octanol–water partition coefficient (Wildman–Crippen LogP) is 6.29. The van der Waals surface area contributed by atoms with Crippen LogP contribution in [0.1, 0.15) is 25.7 Å². The van der Waals surface area contributed by atoms with E-state index < -0.39 is 0 Å². The molecule has 0 atom stereocenters. The van der Waals surface area contributed by atoms with E-state index in [-0.39, 0.29) is 0 Å². The molecule has 1 aliphatic rings. The molecule has 0 amide bonds. The van der Waals surface area contributed by atoms with Gasteiger partial charge in [0.05, 0.1) is 11.0 Å². The molecule has 4 nitrogen and oxygen atoms in total. The second-order valence-electron chi connectivity index (χ2n) is 8.33. The van der Waals surface area contributed by atoms with Gasteiger partial charge >= 0.3 is 0 Å². The molecule has 31 heavy (non-hydrogen) atoms. The molecule has 1 aliphatic heterocycles. The maximum absolute atomic E-state index is 6.06. The molecule has 1 aromatic carbocycles. The summed E-state index contributed by atoms with van der Waals surface area (Å²) in [7, 11) is 0. The van der Waals surface area contributed by atoms with E-state index in [1.54, 1.807) is 0 Å². The SMILES string of the molecule is Clc1ccc(-c2cncc(-c3cn(CCCN4CCCCC4)c4cccnc34)c2)cc1. The number of halogens is 1. The molecule has 1 saturated heterocycles. The number of pyridine rings is 2. The molecule has 5 rings (SSSR count). The first kappa shape index (κ1) is 20.2. The van der Waals surface area contributed by atoms with E-state index in [0.29, 0.717) is 0 Å². The minimum absolute atomic E-state index is 0.740. The largest absolute Gasteiger partial charge is 0.345 e. The van der Waals surface area contributed by atoms with Crippen molar-refractivity contribution in [2.45, 2.75) is 32.2 Å². The number of fused-ring (bicyclic) bond motifs is 1. The van der Waals surface area contributed by atoms with Crippen LogP contribution in [0.5, 0.6) is 0 Å². The van der Waals surface area contributed by atoms with E-state index in [9.17, 15) is 0 Å². The molecule has 0 N–H and O–H groups in total. The molecule has 0 unspecified atom stereocenters. The summed E-state index contributed by atoms with van der Waals surface area (Å²) in [6, 6.07) is 14.3. The summed E-state index contributed by atoms with van der Waals surface area (Å²) in [6.07, 6.45) is 13.2. The Labute approximate surface area is 188 Å². The summed E-state index contributed by atoms with van der Waals surface area (Å²) >= 11 is 6.06. The first-order valence-corrected chi connectivity index (χ1v) is 11.5. The fourth-order valence-electron chi connectivity index (χ4n) is 4.55. The minimum atomic E-state index is 0.740. The Kier molecular flexibility index (Phi) is 6.01. The highest BCUT2D eigenvalue weighted by atomic mass is 35.5. The fraction of sp³-hybridized carbons (Fsp3) is 0.308. The van der Waals surface area contributed by atoms with Crippen molar-refractivity contribution >= 4 is 22.6 Å². The highest BCUT2D eigenvalue weighted by Gasteiger charge is 2.14. The molecule has 3 aromatic heterocycles. The van der Waals surface area contributed by atoms with E-state index in [4.69, 9.17) is 16.6 Å². The van der Waals surface area contributed by atoms with E-state index >= 15 is 0 Å². The van der Waals surface area contributed by atoms with Crippen LogP contribution in [-0.4, -0.2) is 39.1 Å². The Morgan fingerprint density at radius 1 is 0.871 bits per heavy atom. The number of hydrogen-bond acceptors (Lipinski definition) is 3. The van der Waals surface area contributed by atoms with Crippen molar-refractivity contribution in [1.82, 2.24) is 19.4 Å². The van der Waals surface area contributed by atoms with Crippen molar-refractivity contribution in [3.63, 3.8) is 0 Å². The molecule has 0 radical (unpaired) electrons. The van der Waals surface area contributed by atoms with Gasteiger partial charge in [-0.15, -0.1) is 0 Å². The lowest BCUT2D eigenvalue weighted by Crippen LogP contribution is -2.31. The van der Waals surface area contributed by atoms with Crippen molar-refractivity contribution < 1.29 is 0 Å². The number of aromatic nitrogens is 3. The Morgan fingerprint density at radius 2 is 1.68 bits per heavy atom. The van der Waals surface area contributed by atoms with Crippen LogP contribution in [0.3, 0.4) is 0 Å². The lowest BCUT2D eigenvalue weighted by molar-refractivity contribution is 0.223. The minimum Gasteiger partial charge on any atom is -0.345 e. The molecule has 4 heterocycles. The van der Waals surface area contributed by atoms with Gasteiger partial charge in [-0.3, -0.25) is 9.97 Å². The van der Waals surface area contributed by atoms with Gasteiger partial charge < -0.3 is 9.47 Å². The van der Waals surface area contributed by atoms with Crippen LogP contribution < -0.4 is 0 Å². The first-order valence-electron chi connectivity index (χ1n) is 11.2. The fourth-order valence-corrected chi connectivity index (χ4v) is 4.68. The quantitative estimate of drug-likeness (QED) is 0.360. The molecular formula is C26H27ClN4. The number of rotatable bonds is 6. The van der Waals surface area contributed by atoms with Crippen LogP contribution in [0.2, 0.25) is 5.02 Å². The van der Waals surface area contributed by atoms with Crippen molar-refractivity contribution in [3.8, 4) is 22.3 Å². The van der Waals surface area contributed by atoms with Crippen molar-refractivity contribution in [3.05, 3.63) is 72.3 Å². The van der Waals surface area contributed by atoms with Gasteiger partial charge in [0.15, 0.2) is 0 Å². The van der Waals surface area contributed by atoms with Gasteiger partial charge in [-0.2, -0.15) is 0 Å². The van der Waals surface area contributed by atoms with Crippen LogP contribution in [-0.2, 0) is 6.54 Å². The molecule has 1 fully saturated rings. The van der Waals surface area contributed by atoms with Crippen LogP contribution in [0.25, 0.3) is 33.3 Å². The van der Waals surface area contributed by atoms with Gasteiger partial charge in [-0.05, 0) is 74.8 Å². The van der Waals surface area contributed by atoms with Gasteiger partial charge in [-0.25, -0.2) is 0 Å². The van der Waals surface area contributed by atoms with Crippen LogP contribution in [0.4, 0.5) is 0 Å². The summed E-state index contributed by atoms with van der Waals surface area (Å²) in [4.78, 5) is 11.8. The number of benzene rings is 1. The van der Waals surface area contributed by atoms with Crippen LogP contribution >= 0.6 is 11.6 Å². The summed E-state index contributed by atoms with van der Waals surface area (Å²) in [5.74, 6) is 0. The maximum atomic E-state index is 6.06. The first-order chi connectivity index (χ1) is 15.3. The number of likely N-dealkylation sites (tertiary alicyclic amines) is 1. The maximum Gasteiger partial charge on any atom is 0.0959 e. The topological polar surface area (TPSA) is 34.0 Å². The Hall–Kier alpha value is -2.69. The average molecular weight is 431 g/mol. The zero-order valence-electron chi connectivity index (χ0n) is 17.7. The average Bonchev–Trinajstić information content (AvgIpc) is 3.19. The zero-order valence-corrected chi connectivity index (χ0v) is 18.4. The second-order valence-corrected chi connectivity index (χ2v) is 8.77. The number of aryl methyl sites for hydroxylation is 1. The molecule has 0 saturated carbocycles. The van der Waals surface area contributed by atoms with Crippen LogP contribution in [0, 0.1) is 0 Å². The molecule has 0 spiro atoms. The number of piperidine rings is 1. The van der Waals surface area contributed by atoms with E-state index in [2.05, 4.69) is 32.8 Å². The standard InChI is InChI=1S/C26H27ClN4/c27-23-9-7-20(8-10-23)21-16-22(18-28-17-21)24-19-31(25-6-4-11-29-26(24)25)15-5-14-30-12-2-1-3-13-30/h4,6-11,16-19H,1-3,5,12-15H2. The van der Waals surface area contributed by atoms with E-state index in [0.717, 1.165) is 45.8 Å². The highest BCUT2D eigenvalue weighted by molar-refractivity contribution is 6.30. The van der Waals surface area contributed by atoms with Crippen molar-refractivity contribution in [1.29, 1.82) is 0 Å². The van der Waals surface area contributed by atoms with Crippen LogP contribution in [0.15, 0.2) is 67.3 Å². The highest BCUT2D eigenvalue weighted by Crippen LogP contribution is 2.32. The monoisotopic (exact) mass is 430 g/mol. The molecular weight excluding hydrogens is 404 g/mol. The molecule has 5 heteroatoms. The second kappa shape index (κ2) is 9.21. The van der Waals surface area contributed by atoms with Gasteiger partial charge in [0.1, 0.15) is 0 Å². The Morgan fingerprint density at radius 3 is 2.52 bits per heavy atom. The smallest absolute Gasteiger partial charge is 0.0959 e. The lowest BCUT2D eigenvalue weighted by atomic mass is 10.0. The number of hydrogen-bond donors (Lipinski definition) is 0. The van der Waals surface area contributed by atoms with Gasteiger partial charge in [-0.1, -0.05) is 30.2 Å². The molecule has 158 valence electrons. The third-order valence-corrected chi connectivity index (χ3v) is 6.44. The summed E-state index contributed by atoms with van der Waals surface area (Å²) in [5.41, 5.74) is 6.64. The summed E-state index contributed by atoms with van der Waals surface area (Å²) in [6.45, 7) is 4.68. The summed E-state index contributed by atoms with van der Waals surface area (Å²) in [5, 5.41) is 0.740. The zero-order chi connectivity index (χ0) is 21.0. The summed E-state index contributed by atoms with van der Waals surface area (Å²) < 4.78 is 2.36. The van der Waals surface area contributed by atoms with Gasteiger partial charge in [0, 0.05) is 53.0 Å². The Balaban J connectivity index is 1.42. The van der Waals surface area contributed by atoms with E-state index in [1.165, 1.54) is 44.4 Å². The molecule has 4 aromatic rings. The van der Waals surface area contributed by atoms with Gasteiger partial charge in [0.25, 0.3) is 0 Å². The Bertz CT molecular complexity index is 1160. The van der Waals surface area contributed by atoms with Crippen molar-refractivity contribution in [2.24, 2.45) is 0 Å². The third kappa shape index (κ3) is 4.51. The molecule has 0 bridgehead atoms. The lowest BCUT2D eigenvalue weighted by Gasteiger charge is -2.26. The number of nitrogens with zero attached hydrogens (tertiary/aromatic N) is 4. The van der Waals surface area contributed by atoms with Gasteiger partial charge in [0.2, 0.25) is 0 Å². The molecule has 0 aliphatic carbocycles. The van der Waals surface area contributed by atoms with E-state index in [1.807, 2.05) is 48.9 Å². The predicted molar refractivity (Wildman–Crippen MR) is 128 cm³/mol.